The standard InChI is InChI=1S/C13H26N4O2.ClH/c1-16(2)7-8-17(11-5-3-4-6-11)13(19)10-15-12(18)9-14;/h11H,3-10,14H2,1-2H3,(H,15,18);1H. The van der Waals surface area contributed by atoms with Gasteiger partial charge in [-0.3, -0.25) is 9.59 Å². The van der Waals surface area contributed by atoms with E-state index >= 15 is 0 Å². The van der Waals surface area contributed by atoms with E-state index in [0.29, 0.717) is 6.04 Å². The molecule has 0 unspecified atom stereocenters. The number of amides is 2. The molecular weight excluding hydrogens is 280 g/mol. The highest BCUT2D eigenvalue weighted by atomic mass is 35.5. The van der Waals surface area contributed by atoms with Crippen LogP contribution < -0.4 is 11.1 Å². The molecule has 0 aliphatic heterocycles. The van der Waals surface area contributed by atoms with Crippen LogP contribution in [0.15, 0.2) is 0 Å². The SMILES string of the molecule is CN(C)CCN(C(=O)CNC(=O)CN)C1CCCC1.Cl. The molecule has 2 amide bonds. The fourth-order valence-electron chi connectivity index (χ4n) is 2.38. The Kier molecular flexibility index (Phi) is 9.54. The largest absolute Gasteiger partial charge is 0.346 e. The number of hydrogen-bond donors (Lipinski definition) is 2. The van der Waals surface area contributed by atoms with E-state index in [1.54, 1.807) is 0 Å². The maximum atomic E-state index is 12.2. The molecule has 0 aromatic heterocycles. The van der Waals surface area contributed by atoms with Crippen LogP contribution >= 0.6 is 12.4 Å². The summed E-state index contributed by atoms with van der Waals surface area (Å²) in [5.74, 6) is -0.289. The highest BCUT2D eigenvalue weighted by Crippen LogP contribution is 2.23. The van der Waals surface area contributed by atoms with Crippen molar-refractivity contribution < 1.29 is 9.59 Å². The second-order valence-electron chi connectivity index (χ2n) is 5.31. The lowest BCUT2D eigenvalue weighted by Gasteiger charge is -2.30. The summed E-state index contributed by atoms with van der Waals surface area (Å²) in [4.78, 5) is 27.3. The van der Waals surface area contributed by atoms with Gasteiger partial charge in [-0.15, -0.1) is 12.4 Å². The van der Waals surface area contributed by atoms with Crippen molar-refractivity contribution in [1.29, 1.82) is 0 Å². The van der Waals surface area contributed by atoms with Crippen molar-refractivity contribution in [3.8, 4) is 0 Å². The second kappa shape index (κ2) is 9.96. The zero-order chi connectivity index (χ0) is 14.3. The van der Waals surface area contributed by atoms with E-state index in [0.717, 1.165) is 25.9 Å². The summed E-state index contributed by atoms with van der Waals surface area (Å²) in [6.45, 7) is 1.54. The molecule has 0 aromatic carbocycles. The van der Waals surface area contributed by atoms with Gasteiger partial charge in [0.15, 0.2) is 0 Å². The van der Waals surface area contributed by atoms with Crippen LogP contribution in [0.4, 0.5) is 0 Å². The average molecular weight is 307 g/mol. The van der Waals surface area contributed by atoms with Gasteiger partial charge in [0.05, 0.1) is 13.1 Å². The van der Waals surface area contributed by atoms with Crippen LogP contribution in [0.3, 0.4) is 0 Å². The lowest BCUT2D eigenvalue weighted by atomic mass is 10.2. The van der Waals surface area contributed by atoms with Crippen molar-refractivity contribution in [3.63, 3.8) is 0 Å². The number of hydrogen-bond acceptors (Lipinski definition) is 4. The quantitative estimate of drug-likeness (QED) is 0.684. The first kappa shape index (κ1) is 19.1. The molecule has 0 saturated heterocycles. The van der Waals surface area contributed by atoms with Crippen LogP contribution in [0, 0.1) is 0 Å². The average Bonchev–Trinajstić information content (AvgIpc) is 2.89. The minimum atomic E-state index is -0.285. The molecule has 1 saturated carbocycles. The molecule has 1 fully saturated rings. The molecule has 0 bridgehead atoms. The molecule has 0 aromatic rings. The van der Waals surface area contributed by atoms with E-state index in [2.05, 4.69) is 10.2 Å². The van der Waals surface area contributed by atoms with E-state index in [1.165, 1.54) is 12.8 Å². The number of halogens is 1. The summed E-state index contributed by atoms with van der Waals surface area (Å²) in [5, 5.41) is 2.55. The molecule has 118 valence electrons. The van der Waals surface area contributed by atoms with Crippen molar-refractivity contribution in [2.24, 2.45) is 5.73 Å². The van der Waals surface area contributed by atoms with Gasteiger partial charge in [-0.2, -0.15) is 0 Å². The van der Waals surface area contributed by atoms with Gasteiger partial charge in [-0.1, -0.05) is 12.8 Å². The van der Waals surface area contributed by atoms with Crippen LogP contribution in [-0.4, -0.2) is 67.9 Å². The van der Waals surface area contributed by atoms with Crippen LogP contribution in [0.1, 0.15) is 25.7 Å². The molecular formula is C13H27ClN4O2. The van der Waals surface area contributed by atoms with Crippen LogP contribution in [-0.2, 0) is 9.59 Å². The maximum Gasteiger partial charge on any atom is 0.242 e. The van der Waals surface area contributed by atoms with E-state index in [-0.39, 0.29) is 37.3 Å². The first-order valence-electron chi connectivity index (χ1n) is 6.95. The van der Waals surface area contributed by atoms with Crippen molar-refractivity contribution in [2.75, 3.05) is 40.3 Å². The van der Waals surface area contributed by atoms with Crippen molar-refractivity contribution in [2.45, 2.75) is 31.7 Å². The molecule has 6 nitrogen and oxygen atoms in total. The van der Waals surface area contributed by atoms with Gasteiger partial charge in [0.1, 0.15) is 0 Å². The molecule has 1 aliphatic rings. The van der Waals surface area contributed by atoms with E-state index < -0.39 is 0 Å². The first-order chi connectivity index (χ1) is 9.04. The van der Waals surface area contributed by atoms with Crippen LogP contribution in [0.25, 0.3) is 0 Å². The van der Waals surface area contributed by atoms with E-state index in [9.17, 15) is 9.59 Å². The molecule has 1 aliphatic carbocycles. The number of carbonyl (C=O) groups is 2. The smallest absolute Gasteiger partial charge is 0.242 e. The number of nitrogens with zero attached hydrogens (tertiary/aromatic N) is 2. The monoisotopic (exact) mass is 306 g/mol. The normalized spacial score (nSPS) is 15.0. The Morgan fingerprint density at radius 3 is 2.30 bits per heavy atom. The third-order valence-electron chi connectivity index (χ3n) is 3.50. The van der Waals surface area contributed by atoms with Gasteiger partial charge in [-0.05, 0) is 26.9 Å². The Labute approximate surface area is 127 Å². The van der Waals surface area contributed by atoms with Gasteiger partial charge >= 0.3 is 0 Å². The van der Waals surface area contributed by atoms with Gasteiger partial charge in [0.25, 0.3) is 0 Å². The topological polar surface area (TPSA) is 78.7 Å². The van der Waals surface area contributed by atoms with Crippen LogP contribution in [0.5, 0.6) is 0 Å². The molecule has 0 atom stereocenters. The summed E-state index contributed by atoms with van der Waals surface area (Å²) in [6, 6.07) is 0.335. The molecule has 7 heteroatoms. The Morgan fingerprint density at radius 1 is 1.20 bits per heavy atom. The number of rotatable bonds is 7. The molecule has 0 radical (unpaired) electrons. The minimum Gasteiger partial charge on any atom is -0.346 e. The lowest BCUT2D eigenvalue weighted by molar-refractivity contribution is -0.134. The summed E-state index contributed by atoms with van der Waals surface area (Å²) in [7, 11) is 3.99. The number of likely N-dealkylation sites (N-methyl/N-ethyl adjacent to an activating group) is 1. The van der Waals surface area contributed by atoms with Crippen molar-refractivity contribution in [3.05, 3.63) is 0 Å². The molecule has 20 heavy (non-hydrogen) atoms. The Hall–Kier alpha value is -0.850. The Balaban J connectivity index is 0.00000361. The van der Waals surface area contributed by atoms with Gasteiger partial charge in [0.2, 0.25) is 11.8 Å². The molecule has 0 spiro atoms. The summed E-state index contributed by atoms with van der Waals surface area (Å²) < 4.78 is 0. The zero-order valence-electron chi connectivity index (χ0n) is 12.4. The van der Waals surface area contributed by atoms with Crippen molar-refractivity contribution in [1.82, 2.24) is 15.1 Å². The summed E-state index contributed by atoms with van der Waals surface area (Å²) in [5.41, 5.74) is 5.21. The van der Waals surface area contributed by atoms with Gasteiger partial charge < -0.3 is 20.9 Å². The van der Waals surface area contributed by atoms with E-state index in [4.69, 9.17) is 5.73 Å². The lowest BCUT2D eigenvalue weighted by Crippen LogP contribution is -2.47. The second-order valence-corrected chi connectivity index (χ2v) is 5.31. The van der Waals surface area contributed by atoms with Gasteiger partial charge in [-0.25, -0.2) is 0 Å². The first-order valence-corrected chi connectivity index (χ1v) is 6.95. The Morgan fingerprint density at radius 2 is 1.80 bits per heavy atom. The van der Waals surface area contributed by atoms with Gasteiger partial charge in [0, 0.05) is 19.1 Å². The molecule has 3 N–H and O–H groups in total. The minimum absolute atomic E-state index is 0. The van der Waals surface area contributed by atoms with Crippen LogP contribution in [0.2, 0.25) is 0 Å². The number of carbonyl (C=O) groups excluding carboxylic acids is 2. The van der Waals surface area contributed by atoms with Crippen molar-refractivity contribution >= 4 is 24.2 Å². The molecule has 1 rings (SSSR count). The number of nitrogens with two attached hydrogens (primary N) is 1. The fraction of sp³-hybridized carbons (Fsp3) is 0.846. The molecule has 0 heterocycles. The zero-order valence-corrected chi connectivity index (χ0v) is 13.2. The Bertz CT molecular complexity index is 307. The fourth-order valence-corrected chi connectivity index (χ4v) is 2.38. The highest BCUT2D eigenvalue weighted by Gasteiger charge is 2.26. The summed E-state index contributed by atoms with van der Waals surface area (Å²) >= 11 is 0. The number of nitrogens with one attached hydrogen (secondary N) is 1. The highest BCUT2D eigenvalue weighted by molar-refractivity contribution is 5.86. The van der Waals surface area contributed by atoms with E-state index in [1.807, 2.05) is 19.0 Å². The predicted molar refractivity (Wildman–Crippen MR) is 81.8 cm³/mol. The third kappa shape index (κ3) is 6.54. The maximum absolute atomic E-state index is 12.2. The third-order valence-corrected chi connectivity index (χ3v) is 3.50. The summed E-state index contributed by atoms with van der Waals surface area (Å²) in [6.07, 6.45) is 4.52. The predicted octanol–water partition coefficient (Wildman–Crippen LogP) is -0.184.